The molecule has 0 bridgehead atoms. The second kappa shape index (κ2) is 6.61. The highest BCUT2D eigenvalue weighted by molar-refractivity contribution is 8.10. The maximum atomic E-state index is 13.4. The number of hydrogen-bond acceptors (Lipinski definition) is 6. The normalized spacial score (nSPS) is 13.3. The number of aliphatic imine (C=N–C) groups is 1. The molecule has 0 spiro atoms. The molecule has 0 aliphatic heterocycles. The molecule has 6 nitrogen and oxygen atoms in total. The molecular weight excluding hydrogens is 339 g/mol. The maximum Gasteiger partial charge on any atom is 0.280 e. The third-order valence-corrected chi connectivity index (χ3v) is 6.81. The van der Waals surface area contributed by atoms with Crippen LogP contribution in [0.2, 0.25) is 0 Å². The fourth-order valence-electron chi connectivity index (χ4n) is 1.46. The van der Waals surface area contributed by atoms with E-state index in [-0.39, 0.29) is 15.1 Å². The molecule has 10 heteroatoms. The van der Waals surface area contributed by atoms with Crippen molar-refractivity contribution in [2.75, 3.05) is 9.46 Å². The summed E-state index contributed by atoms with van der Waals surface area (Å²) in [5.74, 6) is -0.519. The molecule has 0 amide bonds. The molecule has 116 valence electrons. The van der Waals surface area contributed by atoms with Crippen molar-refractivity contribution in [3.8, 4) is 0 Å². The van der Waals surface area contributed by atoms with Crippen molar-refractivity contribution in [2.24, 2.45) is 4.99 Å². The summed E-state index contributed by atoms with van der Waals surface area (Å²) in [6.07, 6.45) is 0. The van der Waals surface area contributed by atoms with Crippen LogP contribution in [-0.2, 0) is 20.0 Å². The van der Waals surface area contributed by atoms with Gasteiger partial charge in [-0.3, -0.25) is 0 Å². The van der Waals surface area contributed by atoms with Gasteiger partial charge in [0.05, 0.1) is 22.3 Å². The Morgan fingerprint density at radius 3 is 2.38 bits per heavy atom. The van der Waals surface area contributed by atoms with E-state index >= 15 is 0 Å². The van der Waals surface area contributed by atoms with Crippen LogP contribution in [0.1, 0.15) is 13.8 Å². The van der Waals surface area contributed by atoms with Crippen LogP contribution in [0.4, 0.5) is 15.8 Å². The number of benzene rings is 1. The minimum atomic E-state index is -4.75. The van der Waals surface area contributed by atoms with Crippen molar-refractivity contribution in [1.29, 1.82) is 0 Å². The van der Waals surface area contributed by atoms with E-state index in [4.69, 9.17) is 0 Å². The topological polar surface area (TPSA) is 83.9 Å². The number of sulfonamides is 2. The maximum absolute atomic E-state index is 13.4. The van der Waals surface area contributed by atoms with Crippen LogP contribution in [0.5, 0.6) is 0 Å². The monoisotopic (exact) mass is 352 g/mol. The lowest BCUT2D eigenvalue weighted by atomic mass is 10.3. The molecule has 0 saturated heterocycles. The van der Waals surface area contributed by atoms with E-state index in [0.717, 1.165) is 6.92 Å². The Morgan fingerprint density at radius 2 is 1.90 bits per heavy atom. The van der Waals surface area contributed by atoms with Crippen molar-refractivity contribution < 1.29 is 21.2 Å². The lowest BCUT2D eigenvalue weighted by Gasteiger charge is -2.24. The molecule has 0 aliphatic rings. The largest absolute Gasteiger partial charge is 0.280 e. The molecule has 0 aliphatic carbocycles. The van der Waals surface area contributed by atoms with E-state index in [0.29, 0.717) is 0 Å². The number of rotatable bonds is 6. The zero-order valence-corrected chi connectivity index (χ0v) is 13.7. The molecule has 0 N–H and O–H groups in total. The van der Waals surface area contributed by atoms with E-state index in [9.17, 15) is 21.2 Å². The lowest BCUT2D eigenvalue weighted by molar-refractivity contribution is 0.444. The Labute approximate surface area is 128 Å². The van der Waals surface area contributed by atoms with E-state index in [1.807, 2.05) is 5.16 Å². The molecule has 21 heavy (non-hydrogen) atoms. The highest BCUT2D eigenvalue weighted by atomic mass is 32.3. The van der Waals surface area contributed by atoms with Gasteiger partial charge in [0.25, 0.3) is 10.0 Å². The number of halogens is 1. The van der Waals surface area contributed by atoms with E-state index in [1.165, 1.54) is 31.2 Å². The number of hydrogen-bond donors (Lipinski definition) is 0. The first-order valence-corrected chi connectivity index (χ1v) is 9.28. The standard InChI is InChI=1S/C11H13FN2O4S3/c1-3-20(15,16)14(21(17,18)9(2)12)11-7-5-4-6-10(11)13-8-19/h4-7,9H,3H2,1-2H3. The molecular formula is C11H13FN2O4S3. The summed E-state index contributed by atoms with van der Waals surface area (Å²) in [5.41, 5.74) is -2.72. The molecule has 1 unspecified atom stereocenters. The highest BCUT2D eigenvalue weighted by Crippen LogP contribution is 2.33. The summed E-state index contributed by atoms with van der Waals surface area (Å²) in [7, 11) is -9.02. The van der Waals surface area contributed by atoms with Crippen LogP contribution < -0.4 is 3.71 Å². The molecule has 1 aromatic rings. The fourth-order valence-corrected chi connectivity index (χ4v) is 4.87. The second-order valence-corrected chi connectivity index (χ2v) is 8.44. The van der Waals surface area contributed by atoms with Gasteiger partial charge in [0.1, 0.15) is 0 Å². The van der Waals surface area contributed by atoms with Crippen molar-refractivity contribution in [3.05, 3.63) is 24.3 Å². The molecule has 0 fully saturated rings. The predicted octanol–water partition coefficient (Wildman–Crippen LogP) is 2.22. The first-order chi connectivity index (χ1) is 9.68. The molecule has 0 saturated carbocycles. The zero-order chi connectivity index (χ0) is 16.3. The number of anilines is 1. The van der Waals surface area contributed by atoms with Gasteiger partial charge in [0.2, 0.25) is 15.5 Å². The first kappa shape index (κ1) is 17.7. The Balaban J connectivity index is 3.74. The molecule has 0 radical (unpaired) electrons. The van der Waals surface area contributed by atoms with Crippen molar-refractivity contribution >= 4 is 48.8 Å². The molecule has 1 rings (SSSR count). The number of isothiocyanates is 1. The van der Waals surface area contributed by atoms with Gasteiger partial charge in [-0.2, -0.15) is 8.70 Å². The van der Waals surface area contributed by atoms with Gasteiger partial charge in [-0.05, 0) is 38.2 Å². The number of thiocarbonyl (C=S) groups is 1. The van der Waals surface area contributed by atoms with Gasteiger partial charge in [0.15, 0.2) is 0 Å². The quantitative estimate of drug-likeness (QED) is 0.579. The van der Waals surface area contributed by atoms with Crippen LogP contribution in [0.3, 0.4) is 0 Å². The Kier molecular flexibility index (Phi) is 5.57. The van der Waals surface area contributed by atoms with E-state index in [2.05, 4.69) is 17.2 Å². The lowest BCUT2D eigenvalue weighted by Crippen LogP contribution is -2.41. The van der Waals surface area contributed by atoms with Gasteiger partial charge in [0, 0.05) is 0 Å². The van der Waals surface area contributed by atoms with Gasteiger partial charge >= 0.3 is 0 Å². The minimum Gasteiger partial charge on any atom is -0.228 e. The molecule has 0 heterocycles. The third-order valence-electron chi connectivity index (χ3n) is 2.50. The van der Waals surface area contributed by atoms with Crippen molar-refractivity contribution in [3.63, 3.8) is 0 Å². The molecule has 1 aromatic carbocycles. The number of nitrogens with zero attached hydrogens (tertiary/aromatic N) is 2. The van der Waals surface area contributed by atoms with Crippen LogP contribution in [0.25, 0.3) is 0 Å². The summed E-state index contributed by atoms with van der Waals surface area (Å²) in [6.45, 7) is 2.00. The Bertz CT molecular complexity index is 768. The van der Waals surface area contributed by atoms with E-state index in [1.54, 1.807) is 0 Å². The van der Waals surface area contributed by atoms with Gasteiger partial charge < -0.3 is 0 Å². The SMILES string of the molecule is CCS(=O)(=O)N(c1ccccc1N=C=S)S(=O)(=O)C(C)F. The summed E-state index contributed by atoms with van der Waals surface area (Å²) < 4.78 is 61.9. The summed E-state index contributed by atoms with van der Waals surface area (Å²) in [6, 6.07) is 5.48. The van der Waals surface area contributed by atoms with Gasteiger partial charge in [-0.15, -0.1) is 0 Å². The fraction of sp³-hybridized carbons (Fsp3) is 0.364. The van der Waals surface area contributed by atoms with Gasteiger partial charge in [-0.25, -0.2) is 21.2 Å². The smallest absolute Gasteiger partial charge is 0.228 e. The van der Waals surface area contributed by atoms with Crippen LogP contribution in [-0.4, -0.2) is 33.3 Å². The highest BCUT2D eigenvalue weighted by Gasteiger charge is 2.38. The Hall–Kier alpha value is -1.35. The average Bonchev–Trinajstić information content (AvgIpc) is 2.40. The van der Waals surface area contributed by atoms with Crippen LogP contribution in [0.15, 0.2) is 29.3 Å². The van der Waals surface area contributed by atoms with Crippen molar-refractivity contribution in [2.45, 2.75) is 19.4 Å². The summed E-state index contributed by atoms with van der Waals surface area (Å²) in [5, 5.41) is 2.03. The van der Waals surface area contributed by atoms with Crippen LogP contribution >= 0.6 is 12.2 Å². The summed E-state index contributed by atoms with van der Waals surface area (Å²) in [4.78, 5) is 3.62. The molecule has 1 atom stereocenters. The molecule has 0 aromatic heterocycles. The number of alkyl halides is 1. The Morgan fingerprint density at radius 1 is 1.33 bits per heavy atom. The van der Waals surface area contributed by atoms with Gasteiger partial charge in [-0.1, -0.05) is 12.1 Å². The third kappa shape index (κ3) is 3.65. The number of para-hydroxylation sites is 2. The first-order valence-electron chi connectivity index (χ1n) is 5.76. The second-order valence-electron chi connectivity index (χ2n) is 3.88. The summed E-state index contributed by atoms with van der Waals surface area (Å²) >= 11 is 4.44. The minimum absolute atomic E-state index is 0.0336. The van der Waals surface area contributed by atoms with Crippen LogP contribution in [0, 0.1) is 0 Å². The van der Waals surface area contributed by atoms with Crippen molar-refractivity contribution in [1.82, 2.24) is 0 Å². The predicted molar refractivity (Wildman–Crippen MR) is 82.6 cm³/mol. The van der Waals surface area contributed by atoms with E-state index < -0.39 is 31.3 Å². The zero-order valence-electron chi connectivity index (χ0n) is 11.2. The average molecular weight is 352 g/mol.